The predicted molar refractivity (Wildman–Crippen MR) is 59.0 cm³/mol. The van der Waals surface area contributed by atoms with Crippen molar-refractivity contribution in [2.24, 2.45) is 5.73 Å². The van der Waals surface area contributed by atoms with Gasteiger partial charge in [-0.25, -0.2) is 0 Å². The van der Waals surface area contributed by atoms with Gasteiger partial charge in [0.2, 0.25) is 0 Å². The van der Waals surface area contributed by atoms with Crippen LogP contribution in [0.5, 0.6) is 0 Å². The van der Waals surface area contributed by atoms with E-state index in [1.165, 1.54) is 5.39 Å². The van der Waals surface area contributed by atoms with Crippen molar-refractivity contribution in [3.8, 4) is 0 Å². The molecule has 2 heteroatoms. The second kappa shape index (κ2) is 3.76. The average Bonchev–Trinajstić information content (AvgIpc) is 2.27. The number of rotatable bonds is 2. The van der Waals surface area contributed by atoms with E-state index >= 15 is 0 Å². The Kier molecular flexibility index (Phi) is 2.46. The Balaban J connectivity index is 2.51. The van der Waals surface area contributed by atoms with Crippen LogP contribution in [0.3, 0.4) is 0 Å². The van der Waals surface area contributed by atoms with E-state index in [9.17, 15) is 0 Å². The first kappa shape index (κ1) is 9.16. The Morgan fingerprint density at radius 1 is 1.21 bits per heavy atom. The Hall–Kier alpha value is -1.41. The first-order chi connectivity index (χ1) is 6.81. The second-order valence-electron chi connectivity index (χ2n) is 3.44. The molecule has 0 radical (unpaired) electrons. The number of aromatic nitrogens is 1. The molecule has 2 rings (SSSR count). The minimum Gasteiger partial charge on any atom is -0.323 e. The molecule has 0 saturated heterocycles. The summed E-state index contributed by atoms with van der Waals surface area (Å²) in [7, 11) is 0. The molecule has 1 heterocycles. The normalized spacial score (nSPS) is 13.0. The molecule has 1 atom stereocenters. The van der Waals surface area contributed by atoms with Gasteiger partial charge in [-0.1, -0.05) is 31.2 Å². The van der Waals surface area contributed by atoms with Crippen molar-refractivity contribution in [2.75, 3.05) is 0 Å². The van der Waals surface area contributed by atoms with Gasteiger partial charge in [0.15, 0.2) is 0 Å². The van der Waals surface area contributed by atoms with Crippen LogP contribution in [0, 0.1) is 0 Å². The maximum Gasteiger partial charge on any atom is 0.0706 e. The number of benzene rings is 1. The van der Waals surface area contributed by atoms with Crippen LogP contribution >= 0.6 is 0 Å². The maximum absolute atomic E-state index is 5.92. The van der Waals surface area contributed by atoms with Crippen LogP contribution in [0.1, 0.15) is 25.1 Å². The Morgan fingerprint density at radius 2 is 2.00 bits per heavy atom. The van der Waals surface area contributed by atoms with Gasteiger partial charge in [0.05, 0.1) is 11.2 Å². The molecule has 72 valence electrons. The number of nitrogens with two attached hydrogens (primary N) is 1. The van der Waals surface area contributed by atoms with Crippen molar-refractivity contribution in [1.29, 1.82) is 0 Å². The predicted octanol–water partition coefficient (Wildman–Crippen LogP) is 2.64. The smallest absolute Gasteiger partial charge is 0.0706 e. The summed E-state index contributed by atoms with van der Waals surface area (Å²) in [5, 5.41) is 1.17. The molecule has 1 aromatic heterocycles. The van der Waals surface area contributed by atoms with E-state index in [1.807, 2.05) is 24.3 Å². The fourth-order valence-corrected chi connectivity index (χ4v) is 1.50. The highest BCUT2D eigenvalue weighted by Gasteiger charge is 2.04. The van der Waals surface area contributed by atoms with Gasteiger partial charge in [-0.3, -0.25) is 4.98 Å². The molecular formula is C12H14N2. The first-order valence-corrected chi connectivity index (χ1v) is 4.92. The van der Waals surface area contributed by atoms with Crippen LogP contribution in [0.15, 0.2) is 36.4 Å². The summed E-state index contributed by atoms with van der Waals surface area (Å²) in [6.07, 6.45) is 0.922. The molecule has 0 amide bonds. The monoisotopic (exact) mass is 186 g/mol. The van der Waals surface area contributed by atoms with Crippen LogP contribution in [0.4, 0.5) is 0 Å². The summed E-state index contributed by atoms with van der Waals surface area (Å²) in [5.74, 6) is 0. The lowest BCUT2D eigenvalue weighted by Crippen LogP contribution is -2.10. The summed E-state index contributed by atoms with van der Waals surface area (Å²) in [6, 6.07) is 12.2. The Morgan fingerprint density at radius 3 is 2.79 bits per heavy atom. The van der Waals surface area contributed by atoms with Gasteiger partial charge < -0.3 is 5.73 Å². The molecule has 0 fully saturated rings. The maximum atomic E-state index is 5.92. The highest BCUT2D eigenvalue weighted by molar-refractivity contribution is 5.78. The summed E-state index contributed by atoms with van der Waals surface area (Å²) in [4.78, 5) is 4.52. The van der Waals surface area contributed by atoms with E-state index in [2.05, 4.69) is 24.0 Å². The topological polar surface area (TPSA) is 38.9 Å². The van der Waals surface area contributed by atoms with E-state index < -0.39 is 0 Å². The fraction of sp³-hybridized carbons (Fsp3) is 0.250. The minimum absolute atomic E-state index is 0.0552. The van der Waals surface area contributed by atoms with Gasteiger partial charge in [0.1, 0.15) is 0 Å². The molecule has 0 spiro atoms. The van der Waals surface area contributed by atoms with Gasteiger partial charge in [0, 0.05) is 11.4 Å². The van der Waals surface area contributed by atoms with Gasteiger partial charge in [0.25, 0.3) is 0 Å². The van der Waals surface area contributed by atoms with Crippen molar-refractivity contribution < 1.29 is 0 Å². The van der Waals surface area contributed by atoms with Gasteiger partial charge in [-0.15, -0.1) is 0 Å². The third kappa shape index (κ3) is 1.61. The molecule has 0 aliphatic carbocycles. The van der Waals surface area contributed by atoms with Crippen LogP contribution in [-0.4, -0.2) is 4.98 Å². The SMILES string of the molecule is CC[C@H](N)c1ccc2ccccc2n1. The summed E-state index contributed by atoms with van der Waals surface area (Å²) >= 11 is 0. The molecule has 2 aromatic rings. The summed E-state index contributed by atoms with van der Waals surface area (Å²) in [5.41, 5.74) is 7.92. The molecular weight excluding hydrogens is 172 g/mol. The number of pyridine rings is 1. The van der Waals surface area contributed by atoms with E-state index in [-0.39, 0.29) is 6.04 Å². The number of hydrogen-bond acceptors (Lipinski definition) is 2. The molecule has 2 N–H and O–H groups in total. The molecule has 2 nitrogen and oxygen atoms in total. The van der Waals surface area contributed by atoms with Crippen molar-refractivity contribution in [2.45, 2.75) is 19.4 Å². The zero-order chi connectivity index (χ0) is 9.97. The van der Waals surface area contributed by atoms with E-state index in [0.29, 0.717) is 0 Å². The molecule has 0 aliphatic rings. The average molecular weight is 186 g/mol. The van der Waals surface area contributed by atoms with Crippen molar-refractivity contribution >= 4 is 10.9 Å². The third-order valence-electron chi connectivity index (χ3n) is 2.44. The molecule has 1 aromatic carbocycles. The van der Waals surface area contributed by atoms with Gasteiger partial charge >= 0.3 is 0 Å². The van der Waals surface area contributed by atoms with Gasteiger partial charge in [-0.2, -0.15) is 0 Å². The fourth-order valence-electron chi connectivity index (χ4n) is 1.50. The van der Waals surface area contributed by atoms with Crippen LogP contribution in [0.25, 0.3) is 10.9 Å². The van der Waals surface area contributed by atoms with Gasteiger partial charge in [-0.05, 0) is 18.6 Å². The van der Waals surface area contributed by atoms with Crippen LogP contribution in [-0.2, 0) is 0 Å². The highest BCUT2D eigenvalue weighted by Crippen LogP contribution is 2.16. The number of para-hydroxylation sites is 1. The van der Waals surface area contributed by atoms with E-state index in [0.717, 1.165) is 17.6 Å². The zero-order valence-corrected chi connectivity index (χ0v) is 8.27. The first-order valence-electron chi connectivity index (χ1n) is 4.92. The van der Waals surface area contributed by atoms with E-state index in [4.69, 9.17) is 5.73 Å². The lowest BCUT2D eigenvalue weighted by Gasteiger charge is -2.08. The molecule has 0 unspecified atom stereocenters. The number of hydrogen-bond donors (Lipinski definition) is 1. The lowest BCUT2D eigenvalue weighted by molar-refractivity contribution is 0.679. The molecule has 0 saturated carbocycles. The number of nitrogens with zero attached hydrogens (tertiary/aromatic N) is 1. The highest BCUT2D eigenvalue weighted by atomic mass is 14.8. The minimum atomic E-state index is 0.0552. The number of fused-ring (bicyclic) bond motifs is 1. The standard InChI is InChI=1S/C12H14N2/c1-2-10(13)12-8-7-9-5-3-4-6-11(9)14-12/h3-8,10H,2,13H2,1H3/t10-/m0/s1. The second-order valence-corrected chi connectivity index (χ2v) is 3.44. The Bertz CT molecular complexity index is 437. The molecule has 0 aliphatic heterocycles. The third-order valence-corrected chi connectivity index (χ3v) is 2.44. The Labute approximate surface area is 83.8 Å². The summed E-state index contributed by atoms with van der Waals surface area (Å²) < 4.78 is 0. The molecule has 14 heavy (non-hydrogen) atoms. The zero-order valence-electron chi connectivity index (χ0n) is 8.27. The van der Waals surface area contributed by atoms with E-state index in [1.54, 1.807) is 0 Å². The largest absolute Gasteiger partial charge is 0.323 e. The lowest BCUT2D eigenvalue weighted by atomic mass is 10.1. The van der Waals surface area contributed by atoms with Crippen molar-refractivity contribution in [1.82, 2.24) is 4.98 Å². The quantitative estimate of drug-likeness (QED) is 0.783. The van der Waals surface area contributed by atoms with Crippen LogP contribution < -0.4 is 5.73 Å². The summed E-state index contributed by atoms with van der Waals surface area (Å²) in [6.45, 7) is 2.07. The van der Waals surface area contributed by atoms with Crippen molar-refractivity contribution in [3.63, 3.8) is 0 Å². The molecule has 0 bridgehead atoms. The van der Waals surface area contributed by atoms with Crippen LogP contribution in [0.2, 0.25) is 0 Å². The van der Waals surface area contributed by atoms with Crippen molar-refractivity contribution in [3.05, 3.63) is 42.1 Å².